The molecule has 3 rings (SSSR count). The van der Waals surface area contributed by atoms with Crippen LogP contribution in [-0.2, 0) is 13.5 Å². The van der Waals surface area contributed by atoms with Gasteiger partial charge in [-0.15, -0.1) is 0 Å². The highest BCUT2D eigenvalue weighted by molar-refractivity contribution is 5.78. The molecule has 3 aromatic rings. The van der Waals surface area contributed by atoms with Crippen LogP contribution in [0.1, 0.15) is 12.6 Å². The fourth-order valence-electron chi connectivity index (χ4n) is 2.02. The minimum Gasteiger partial charge on any atom is -0.337 e. The maximum atomic E-state index is 13.1. The first-order valence-corrected chi connectivity index (χ1v) is 5.86. The van der Waals surface area contributed by atoms with Crippen LogP contribution in [0.2, 0.25) is 0 Å². The van der Waals surface area contributed by atoms with Gasteiger partial charge < -0.3 is 4.98 Å². The lowest BCUT2D eigenvalue weighted by Gasteiger charge is -1.95. The van der Waals surface area contributed by atoms with Crippen molar-refractivity contribution in [1.82, 2.24) is 19.7 Å². The number of H-pyrrole nitrogens is 1. The maximum Gasteiger partial charge on any atom is 0.156 e. The molecular formula is C13H13FN4. The summed E-state index contributed by atoms with van der Waals surface area (Å²) in [5.74, 6) is 0.447. The van der Waals surface area contributed by atoms with Gasteiger partial charge >= 0.3 is 0 Å². The van der Waals surface area contributed by atoms with Gasteiger partial charge in [0.1, 0.15) is 11.5 Å². The first-order chi connectivity index (χ1) is 8.67. The summed E-state index contributed by atoms with van der Waals surface area (Å²) in [4.78, 5) is 7.57. The smallest absolute Gasteiger partial charge is 0.156 e. The molecule has 1 aromatic carbocycles. The Labute approximate surface area is 103 Å². The molecular weight excluding hydrogens is 231 g/mol. The second kappa shape index (κ2) is 3.94. The van der Waals surface area contributed by atoms with E-state index in [-0.39, 0.29) is 5.82 Å². The fourth-order valence-corrected chi connectivity index (χ4v) is 2.02. The SMILES string of the molecule is CCc1cc(-c2nc3ccc(F)cc3[nH]2)n(C)n1. The molecule has 2 aromatic heterocycles. The number of fused-ring (bicyclic) bond motifs is 1. The predicted molar refractivity (Wildman–Crippen MR) is 67.6 cm³/mol. The average Bonchev–Trinajstić information content (AvgIpc) is 2.91. The van der Waals surface area contributed by atoms with Gasteiger partial charge in [-0.1, -0.05) is 6.92 Å². The third kappa shape index (κ3) is 1.68. The Hall–Kier alpha value is -2.17. The van der Waals surface area contributed by atoms with E-state index in [1.54, 1.807) is 10.7 Å². The number of aryl methyl sites for hydroxylation is 2. The van der Waals surface area contributed by atoms with Crippen LogP contribution in [-0.4, -0.2) is 19.7 Å². The van der Waals surface area contributed by atoms with E-state index in [4.69, 9.17) is 0 Å². The molecule has 0 amide bonds. The van der Waals surface area contributed by atoms with Gasteiger partial charge in [-0.05, 0) is 30.7 Å². The van der Waals surface area contributed by atoms with Crippen LogP contribution >= 0.6 is 0 Å². The second-order valence-corrected chi connectivity index (χ2v) is 4.24. The van der Waals surface area contributed by atoms with Gasteiger partial charge in [0.05, 0.1) is 16.7 Å². The van der Waals surface area contributed by atoms with Crippen LogP contribution in [0.5, 0.6) is 0 Å². The van der Waals surface area contributed by atoms with Crippen molar-refractivity contribution in [2.45, 2.75) is 13.3 Å². The zero-order valence-corrected chi connectivity index (χ0v) is 10.2. The normalized spacial score (nSPS) is 11.3. The highest BCUT2D eigenvalue weighted by Gasteiger charge is 2.11. The van der Waals surface area contributed by atoms with E-state index in [9.17, 15) is 4.39 Å². The summed E-state index contributed by atoms with van der Waals surface area (Å²) in [5, 5.41) is 4.38. The summed E-state index contributed by atoms with van der Waals surface area (Å²) < 4.78 is 14.9. The van der Waals surface area contributed by atoms with E-state index in [2.05, 4.69) is 22.0 Å². The largest absolute Gasteiger partial charge is 0.337 e. The van der Waals surface area contributed by atoms with E-state index in [1.807, 2.05) is 13.1 Å². The van der Waals surface area contributed by atoms with Crippen molar-refractivity contribution in [3.05, 3.63) is 35.8 Å². The van der Waals surface area contributed by atoms with E-state index in [0.29, 0.717) is 11.3 Å². The third-order valence-corrected chi connectivity index (χ3v) is 2.98. The summed E-state index contributed by atoms with van der Waals surface area (Å²) in [7, 11) is 1.88. The van der Waals surface area contributed by atoms with E-state index in [1.165, 1.54) is 12.1 Å². The molecule has 5 heteroatoms. The number of aromatic nitrogens is 4. The molecule has 0 saturated heterocycles. The van der Waals surface area contributed by atoms with Crippen LogP contribution in [0.4, 0.5) is 4.39 Å². The molecule has 0 aliphatic heterocycles. The zero-order valence-electron chi connectivity index (χ0n) is 10.2. The van der Waals surface area contributed by atoms with Crippen LogP contribution in [0, 0.1) is 5.82 Å². The highest BCUT2D eigenvalue weighted by atomic mass is 19.1. The van der Waals surface area contributed by atoms with Crippen molar-refractivity contribution in [1.29, 1.82) is 0 Å². The number of hydrogen-bond acceptors (Lipinski definition) is 2. The highest BCUT2D eigenvalue weighted by Crippen LogP contribution is 2.21. The number of aromatic amines is 1. The summed E-state index contributed by atoms with van der Waals surface area (Å²) in [6, 6.07) is 6.52. The quantitative estimate of drug-likeness (QED) is 0.753. The Morgan fingerprint density at radius 2 is 2.17 bits per heavy atom. The van der Waals surface area contributed by atoms with Crippen LogP contribution < -0.4 is 0 Å². The van der Waals surface area contributed by atoms with Crippen molar-refractivity contribution in [3.63, 3.8) is 0 Å². The molecule has 0 fully saturated rings. The van der Waals surface area contributed by atoms with Gasteiger partial charge in [0.15, 0.2) is 5.82 Å². The van der Waals surface area contributed by atoms with Gasteiger partial charge in [0, 0.05) is 7.05 Å². The van der Waals surface area contributed by atoms with Crippen molar-refractivity contribution < 1.29 is 4.39 Å². The number of benzene rings is 1. The Kier molecular flexibility index (Phi) is 2.40. The molecule has 0 bridgehead atoms. The Balaban J connectivity index is 2.15. The fraction of sp³-hybridized carbons (Fsp3) is 0.231. The molecule has 4 nitrogen and oxygen atoms in total. The van der Waals surface area contributed by atoms with Crippen LogP contribution in [0.15, 0.2) is 24.3 Å². The van der Waals surface area contributed by atoms with Gasteiger partial charge in [0.25, 0.3) is 0 Å². The topological polar surface area (TPSA) is 46.5 Å². The molecule has 0 atom stereocenters. The molecule has 0 radical (unpaired) electrons. The van der Waals surface area contributed by atoms with Crippen molar-refractivity contribution >= 4 is 11.0 Å². The van der Waals surface area contributed by atoms with E-state index >= 15 is 0 Å². The predicted octanol–water partition coefficient (Wildman–Crippen LogP) is 2.66. The van der Waals surface area contributed by atoms with Crippen LogP contribution in [0.25, 0.3) is 22.6 Å². The van der Waals surface area contributed by atoms with Crippen molar-refractivity contribution in [2.75, 3.05) is 0 Å². The van der Waals surface area contributed by atoms with Gasteiger partial charge in [-0.3, -0.25) is 4.68 Å². The number of imidazole rings is 1. The molecule has 0 unspecified atom stereocenters. The first-order valence-electron chi connectivity index (χ1n) is 5.86. The van der Waals surface area contributed by atoms with Crippen molar-refractivity contribution in [2.24, 2.45) is 7.05 Å². The average molecular weight is 244 g/mol. The lowest BCUT2D eigenvalue weighted by Crippen LogP contribution is -1.95. The van der Waals surface area contributed by atoms with Gasteiger partial charge in [-0.2, -0.15) is 5.10 Å². The molecule has 18 heavy (non-hydrogen) atoms. The van der Waals surface area contributed by atoms with E-state index < -0.39 is 0 Å². The number of rotatable bonds is 2. The molecule has 0 aliphatic carbocycles. The van der Waals surface area contributed by atoms with Crippen LogP contribution in [0.3, 0.4) is 0 Å². The monoisotopic (exact) mass is 244 g/mol. The number of halogens is 1. The molecule has 2 heterocycles. The van der Waals surface area contributed by atoms with Gasteiger partial charge in [0.2, 0.25) is 0 Å². The number of nitrogens with zero attached hydrogens (tertiary/aromatic N) is 3. The number of nitrogens with one attached hydrogen (secondary N) is 1. The molecule has 92 valence electrons. The summed E-state index contributed by atoms with van der Waals surface area (Å²) >= 11 is 0. The minimum absolute atomic E-state index is 0.267. The molecule has 0 aliphatic rings. The lowest BCUT2D eigenvalue weighted by molar-refractivity contribution is 0.629. The Bertz CT molecular complexity index is 711. The third-order valence-electron chi connectivity index (χ3n) is 2.98. The van der Waals surface area contributed by atoms with Gasteiger partial charge in [-0.25, -0.2) is 9.37 Å². The standard InChI is InChI=1S/C13H13FN4/c1-3-9-7-12(18(2)17-9)13-15-10-5-4-8(14)6-11(10)16-13/h4-7H,3H2,1-2H3,(H,15,16). The van der Waals surface area contributed by atoms with Crippen molar-refractivity contribution in [3.8, 4) is 11.5 Å². The number of hydrogen-bond donors (Lipinski definition) is 1. The molecule has 0 saturated carbocycles. The lowest BCUT2D eigenvalue weighted by atomic mass is 10.3. The Morgan fingerprint density at radius 3 is 2.89 bits per heavy atom. The molecule has 0 spiro atoms. The second-order valence-electron chi connectivity index (χ2n) is 4.24. The summed E-state index contributed by atoms with van der Waals surface area (Å²) in [6.07, 6.45) is 0.878. The minimum atomic E-state index is -0.267. The Morgan fingerprint density at radius 1 is 1.33 bits per heavy atom. The summed E-state index contributed by atoms with van der Waals surface area (Å²) in [6.45, 7) is 2.06. The summed E-state index contributed by atoms with van der Waals surface area (Å²) in [5.41, 5.74) is 3.37. The first kappa shape index (κ1) is 11.0. The molecule has 1 N–H and O–H groups in total. The van der Waals surface area contributed by atoms with E-state index in [0.717, 1.165) is 23.3 Å². The zero-order chi connectivity index (χ0) is 12.7. The maximum absolute atomic E-state index is 13.1.